The van der Waals surface area contributed by atoms with E-state index in [2.05, 4.69) is 254 Å². The molecule has 0 amide bonds. The molecular formula is C64H41NS. The fourth-order valence-electron chi connectivity index (χ4n) is 10.3. The van der Waals surface area contributed by atoms with Crippen LogP contribution in [-0.2, 0) is 0 Å². The number of thiophene rings is 1. The topological polar surface area (TPSA) is 3.24 Å². The molecule has 0 atom stereocenters. The summed E-state index contributed by atoms with van der Waals surface area (Å²) in [6.07, 6.45) is 0. The molecule has 0 aliphatic rings. The minimum absolute atomic E-state index is 1.10. The molecule has 0 spiro atoms. The molecule has 0 saturated carbocycles. The Bertz CT molecular complexity index is 3980. The van der Waals surface area contributed by atoms with E-state index in [4.69, 9.17) is 0 Å². The molecular weight excluding hydrogens is 815 g/mol. The maximum absolute atomic E-state index is 2.42. The number of hydrogen-bond acceptors (Lipinski definition) is 2. The normalized spacial score (nSPS) is 11.6. The minimum atomic E-state index is 1.10. The first-order valence-corrected chi connectivity index (χ1v) is 23.5. The van der Waals surface area contributed by atoms with Crippen molar-refractivity contribution < 1.29 is 0 Å². The smallest absolute Gasteiger partial charge is 0.0476 e. The van der Waals surface area contributed by atoms with Crippen molar-refractivity contribution in [1.29, 1.82) is 0 Å². The quantitative estimate of drug-likeness (QED) is 0.144. The van der Waals surface area contributed by atoms with Crippen LogP contribution in [0.15, 0.2) is 249 Å². The molecule has 0 unspecified atom stereocenters. The lowest BCUT2D eigenvalue weighted by molar-refractivity contribution is 1.29. The van der Waals surface area contributed by atoms with Crippen LogP contribution >= 0.6 is 11.3 Å². The summed E-state index contributed by atoms with van der Waals surface area (Å²) in [6.45, 7) is 0. The predicted molar refractivity (Wildman–Crippen MR) is 286 cm³/mol. The van der Waals surface area contributed by atoms with Gasteiger partial charge in [-0.15, -0.1) is 11.3 Å². The van der Waals surface area contributed by atoms with Crippen molar-refractivity contribution in [1.82, 2.24) is 0 Å². The van der Waals surface area contributed by atoms with E-state index in [-0.39, 0.29) is 0 Å². The van der Waals surface area contributed by atoms with Gasteiger partial charge in [-0.05, 0) is 142 Å². The highest BCUT2D eigenvalue weighted by molar-refractivity contribution is 7.25. The van der Waals surface area contributed by atoms with Crippen molar-refractivity contribution in [3.63, 3.8) is 0 Å². The third kappa shape index (κ3) is 6.45. The van der Waals surface area contributed by atoms with Gasteiger partial charge in [0, 0.05) is 37.2 Å². The van der Waals surface area contributed by atoms with Crippen LogP contribution in [0, 0.1) is 0 Å². The first-order valence-electron chi connectivity index (χ1n) is 22.7. The zero-order valence-corrected chi connectivity index (χ0v) is 36.8. The van der Waals surface area contributed by atoms with Gasteiger partial charge in [0.25, 0.3) is 0 Å². The van der Waals surface area contributed by atoms with Crippen molar-refractivity contribution in [3.05, 3.63) is 249 Å². The summed E-state index contributed by atoms with van der Waals surface area (Å²) in [4.78, 5) is 2.42. The third-order valence-corrected chi connectivity index (χ3v) is 14.5. The van der Waals surface area contributed by atoms with Gasteiger partial charge >= 0.3 is 0 Å². The van der Waals surface area contributed by atoms with Crippen LogP contribution < -0.4 is 4.90 Å². The summed E-state index contributed by atoms with van der Waals surface area (Å²) in [7, 11) is 0. The van der Waals surface area contributed by atoms with Gasteiger partial charge in [-0.1, -0.05) is 194 Å². The third-order valence-electron chi connectivity index (χ3n) is 13.4. The standard InChI is InChI=1S/C64H41NS/c1-3-15-44(16-4-1)63-59-24-10-9-22-55(59)56-36-31-48(40-60(56)64(63)45-17-5-2-6-18-45)46-19-13-20-51(39-46)65(52-34-37-58-57-23-11-12-25-61(57)66-62(58)41-52)50-32-28-42(29-33-50)47-30-35-54-49(38-47)27-26-43-14-7-8-21-53(43)54/h1-41H. The van der Waals surface area contributed by atoms with E-state index >= 15 is 0 Å². The molecule has 0 saturated heterocycles. The molecule has 66 heavy (non-hydrogen) atoms. The largest absolute Gasteiger partial charge is 0.310 e. The molecule has 0 aliphatic carbocycles. The SMILES string of the molecule is c1ccc(-c2c(-c3ccccc3)c3cc(-c4cccc(N(c5ccc(-c6ccc7c(ccc8ccccc87)c6)cc5)c5ccc6c(c5)sc5ccccc56)c4)ccc3c3ccccc23)cc1. The van der Waals surface area contributed by atoms with Gasteiger partial charge in [0.15, 0.2) is 0 Å². The number of rotatable bonds is 7. The van der Waals surface area contributed by atoms with Crippen molar-refractivity contribution in [3.8, 4) is 44.5 Å². The molecule has 0 radical (unpaired) electrons. The van der Waals surface area contributed by atoms with Crippen LogP contribution in [0.5, 0.6) is 0 Å². The zero-order valence-electron chi connectivity index (χ0n) is 36.0. The average Bonchev–Trinajstić information content (AvgIpc) is 3.77. The van der Waals surface area contributed by atoms with Gasteiger partial charge in [-0.3, -0.25) is 0 Å². The van der Waals surface area contributed by atoms with E-state index in [1.54, 1.807) is 0 Å². The number of hydrogen-bond donors (Lipinski definition) is 0. The van der Waals surface area contributed by atoms with E-state index < -0.39 is 0 Å². The summed E-state index contributed by atoms with van der Waals surface area (Å²) in [6, 6.07) is 91.6. The number of fused-ring (bicyclic) bond motifs is 9. The maximum atomic E-state index is 2.42. The van der Waals surface area contributed by atoms with Crippen LogP contribution in [0.25, 0.3) is 108 Å². The lowest BCUT2D eigenvalue weighted by Crippen LogP contribution is -2.10. The van der Waals surface area contributed by atoms with Crippen molar-refractivity contribution >= 4 is 91.7 Å². The van der Waals surface area contributed by atoms with E-state index in [1.807, 2.05) is 11.3 Å². The van der Waals surface area contributed by atoms with Crippen molar-refractivity contribution in [2.24, 2.45) is 0 Å². The summed E-state index contributed by atoms with van der Waals surface area (Å²) in [5.41, 5.74) is 13.0. The summed E-state index contributed by atoms with van der Waals surface area (Å²) >= 11 is 1.86. The highest BCUT2D eigenvalue weighted by atomic mass is 32.1. The molecule has 308 valence electrons. The number of nitrogens with zero attached hydrogens (tertiary/aromatic N) is 1. The van der Waals surface area contributed by atoms with Gasteiger partial charge in [0.1, 0.15) is 0 Å². The molecule has 13 rings (SSSR count). The molecule has 2 heteroatoms. The van der Waals surface area contributed by atoms with Gasteiger partial charge in [-0.2, -0.15) is 0 Å². The van der Waals surface area contributed by atoms with E-state index in [9.17, 15) is 0 Å². The maximum Gasteiger partial charge on any atom is 0.0476 e. The highest BCUT2D eigenvalue weighted by Gasteiger charge is 2.20. The van der Waals surface area contributed by atoms with Crippen molar-refractivity contribution in [2.45, 2.75) is 0 Å². The number of anilines is 3. The molecule has 0 aliphatic heterocycles. The molecule has 1 aromatic heterocycles. The highest BCUT2D eigenvalue weighted by Crippen LogP contribution is 2.47. The zero-order chi connectivity index (χ0) is 43.6. The Morgan fingerprint density at radius 3 is 1.52 bits per heavy atom. The second kappa shape index (κ2) is 15.7. The molecule has 0 fully saturated rings. The van der Waals surface area contributed by atoms with Crippen LogP contribution in [0.2, 0.25) is 0 Å². The predicted octanol–water partition coefficient (Wildman–Crippen LogP) is 18.8. The monoisotopic (exact) mass is 855 g/mol. The van der Waals surface area contributed by atoms with Crippen LogP contribution in [0.4, 0.5) is 17.1 Å². The molecule has 13 aromatic rings. The van der Waals surface area contributed by atoms with Gasteiger partial charge in [0.05, 0.1) is 0 Å². The molecule has 0 N–H and O–H groups in total. The minimum Gasteiger partial charge on any atom is -0.310 e. The van der Waals surface area contributed by atoms with Gasteiger partial charge < -0.3 is 4.90 Å². The first-order chi connectivity index (χ1) is 32.7. The van der Waals surface area contributed by atoms with Gasteiger partial charge in [0.2, 0.25) is 0 Å². The number of benzene rings is 12. The van der Waals surface area contributed by atoms with Crippen LogP contribution in [0.1, 0.15) is 0 Å². The van der Waals surface area contributed by atoms with Crippen LogP contribution in [-0.4, -0.2) is 0 Å². The van der Waals surface area contributed by atoms with Crippen LogP contribution in [0.3, 0.4) is 0 Å². The lowest BCUT2D eigenvalue weighted by atomic mass is 9.84. The Morgan fingerprint density at radius 1 is 0.227 bits per heavy atom. The molecule has 1 heterocycles. The van der Waals surface area contributed by atoms with E-state index in [1.165, 1.54) is 102 Å². The summed E-state index contributed by atoms with van der Waals surface area (Å²) in [5.74, 6) is 0. The fourth-order valence-corrected chi connectivity index (χ4v) is 11.4. The summed E-state index contributed by atoms with van der Waals surface area (Å²) < 4.78 is 2.58. The lowest BCUT2D eigenvalue weighted by Gasteiger charge is -2.26. The molecule has 1 nitrogen and oxygen atoms in total. The Kier molecular flexibility index (Phi) is 9.11. The Balaban J connectivity index is 0.964. The second-order valence-electron chi connectivity index (χ2n) is 17.2. The Morgan fingerprint density at radius 2 is 0.727 bits per heavy atom. The van der Waals surface area contributed by atoms with E-state index in [0.29, 0.717) is 0 Å². The average molecular weight is 856 g/mol. The summed E-state index contributed by atoms with van der Waals surface area (Å²) in [5, 5.41) is 12.7. The Labute approximate surface area is 387 Å². The molecule has 12 aromatic carbocycles. The Hall–Kier alpha value is -8.30. The first kappa shape index (κ1) is 38.2. The van der Waals surface area contributed by atoms with Crippen molar-refractivity contribution in [2.75, 3.05) is 4.90 Å². The fraction of sp³-hybridized carbons (Fsp3) is 0. The second-order valence-corrected chi connectivity index (χ2v) is 18.3. The van der Waals surface area contributed by atoms with Gasteiger partial charge in [-0.25, -0.2) is 0 Å². The molecule has 0 bridgehead atoms. The van der Waals surface area contributed by atoms with E-state index in [0.717, 1.165) is 22.6 Å².